The van der Waals surface area contributed by atoms with Gasteiger partial charge in [-0.2, -0.15) is 8.90 Å². The lowest BCUT2D eigenvalue weighted by Crippen LogP contribution is -2.59. The molecule has 0 saturated carbocycles. The minimum Gasteiger partial charge on any atom is -0.226 e. The molecule has 0 aromatic carbocycles. The molecule has 0 radical (unpaired) electrons. The maximum atomic E-state index is 11.8. The van der Waals surface area contributed by atoms with Gasteiger partial charge in [0.2, 0.25) is 0 Å². The van der Waals surface area contributed by atoms with Crippen molar-refractivity contribution in [2.75, 3.05) is 13.6 Å². The van der Waals surface area contributed by atoms with Crippen LogP contribution in [-0.2, 0) is 4.79 Å². The number of rotatable bonds is 3. The predicted octanol–water partition coefficient (Wildman–Crippen LogP) is 2.11. The largest absolute Gasteiger partial charge is 0.445 e. The highest BCUT2D eigenvalue weighted by molar-refractivity contribution is 6.22. The highest BCUT2D eigenvalue weighted by atomic mass is 35.5. The summed E-state index contributed by atoms with van der Waals surface area (Å²) in [5.74, 6) is 0.0941. The van der Waals surface area contributed by atoms with E-state index in [1.807, 2.05) is 13.8 Å². The number of urea groups is 1. The average Bonchev–Trinajstić information content (AvgIpc) is 2.21. The first-order valence-corrected chi connectivity index (χ1v) is 5.33. The molecule has 4 nitrogen and oxygen atoms in total. The molecule has 84 valence electrons. The first-order valence-electron chi connectivity index (χ1n) is 4.99. The Balaban J connectivity index is 2.94. The minimum absolute atomic E-state index is 0.211. The summed E-state index contributed by atoms with van der Waals surface area (Å²) in [7, 11) is 1.61. The first-order chi connectivity index (χ1) is 6.91. The highest BCUT2D eigenvalue weighted by Crippen LogP contribution is 2.21. The monoisotopic (exact) mass is 231 g/mol. The Bertz CT molecular complexity index is 317. The number of hydrogen-bond donors (Lipinski definition) is 0. The van der Waals surface area contributed by atoms with Crippen LogP contribution in [-0.4, -0.2) is 34.4 Å². The molecule has 0 aromatic heterocycles. The number of carbonyl (C=O) groups excluding carboxylic acids is 2. The molecule has 1 aliphatic rings. The van der Waals surface area contributed by atoms with Gasteiger partial charge in [-0.3, -0.25) is 0 Å². The van der Waals surface area contributed by atoms with Crippen molar-refractivity contribution in [2.24, 2.45) is 5.92 Å². The van der Waals surface area contributed by atoms with E-state index in [4.69, 9.17) is 11.8 Å². The van der Waals surface area contributed by atoms with E-state index in [9.17, 15) is 9.59 Å². The van der Waals surface area contributed by atoms with E-state index in [0.717, 1.165) is 10.8 Å². The van der Waals surface area contributed by atoms with Gasteiger partial charge < -0.3 is 0 Å². The number of quaternary nitrogens is 1. The van der Waals surface area contributed by atoms with Crippen LogP contribution < -0.4 is 0 Å². The molecule has 0 saturated heterocycles. The lowest BCUT2D eigenvalue weighted by Gasteiger charge is -2.33. The van der Waals surface area contributed by atoms with Crippen molar-refractivity contribution < 1.29 is 14.1 Å². The van der Waals surface area contributed by atoms with Gasteiger partial charge in [-0.05, 0) is 6.42 Å². The number of nitrogens with zero attached hydrogens (tertiary/aromatic N) is 2. The zero-order valence-corrected chi connectivity index (χ0v) is 9.99. The van der Waals surface area contributed by atoms with Gasteiger partial charge >= 0.3 is 11.9 Å². The van der Waals surface area contributed by atoms with Crippen molar-refractivity contribution >= 4 is 23.7 Å². The van der Waals surface area contributed by atoms with Crippen LogP contribution in [0.3, 0.4) is 0 Å². The molecule has 0 bridgehead atoms. The molecular formula is C10H16ClN2O2+. The normalized spacial score (nSPS) is 28.4. The van der Waals surface area contributed by atoms with Crippen LogP contribution in [0.1, 0.15) is 20.3 Å². The number of carbonyl (C=O) groups is 2. The molecule has 1 aliphatic heterocycles. The summed E-state index contributed by atoms with van der Waals surface area (Å²) in [5.41, 5.74) is 0. The van der Waals surface area contributed by atoms with Crippen LogP contribution in [0, 0.1) is 5.92 Å². The third kappa shape index (κ3) is 2.21. The summed E-state index contributed by atoms with van der Waals surface area (Å²) in [6, 6.07) is -0.385. The molecule has 2 unspecified atom stereocenters. The highest BCUT2D eigenvalue weighted by Gasteiger charge is 2.45. The van der Waals surface area contributed by atoms with E-state index < -0.39 is 0 Å². The van der Waals surface area contributed by atoms with Crippen LogP contribution in [0.4, 0.5) is 4.79 Å². The van der Waals surface area contributed by atoms with Crippen molar-refractivity contribution in [2.45, 2.75) is 20.3 Å². The molecule has 1 rings (SSSR count). The van der Waals surface area contributed by atoms with Crippen LogP contribution >= 0.6 is 11.8 Å². The summed E-state index contributed by atoms with van der Waals surface area (Å²) in [6.45, 7) is 4.53. The van der Waals surface area contributed by atoms with Gasteiger partial charge in [-0.25, -0.2) is 9.59 Å². The quantitative estimate of drug-likeness (QED) is 0.551. The van der Waals surface area contributed by atoms with E-state index in [0.29, 0.717) is 12.5 Å². The second-order valence-electron chi connectivity index (χ2n) is 4.14. The number of halogens is 1. The van der Waals surface area contributed by atoms with Crippen molar-refractivity contribution in [1.29, 1.82) is 0 Å². The van der Waals surface area contributed by atoms with E-state index in [-0.39, 0.29) is 16.4 Å². The topological polar surface area (TPSA) is 37.4 Å². The molecule has 0 fully saturated rings. The molecule has 0 N–H and O–H groups in total. The van der Waals surface area contributed by atoms with Crippen LogP contribution in [0.2, 0.25) is 0 Å². The van der Waals surface area contributed by atoms with Crippen molar-refractivity contribution in [3.8, 4) is 0 Å². The molecule has 0 spiro atoms. The Labute approximate surface area is 94.8 Å². The van der Waals surface area contributed by atoms with Crippen molar-refractivity contribution in [1.82, 2.24) is 4.42 Å². The maximum Gasteiger partial charge on any atom is 0.445 e. The summed E-state index contributed by atoms with van der Waals surface area (Å²) in [5, 5.41) is 0. The summed E-state index contributed by atoms with van der Waals surface area (Å²) >= 11 is 5.67. The minimum atomic E-state index is -0.385. The van der Waals surface area contributed by atoms with Gasteiger partial charge in [0.1, 0.15) is 0 Å². The lowest BCUT2D eigenvalue weighted by molar-refractivity contribution is -0.757. The smallest absolute Gasteiger partial charge is 0.226 e. The third-order valence-electron chi connectivity index (χ3n) is 2.81. The van der Waals surface area contributed by atoms with Crippen LogP contribution in [0.25, 0.3) is 0 Å². The van der Waals surface area contributed by atoms with Crippen LogP contribution in [0.15, 0.2) is 12.3 Å². The van der Waals surface area contributed by atoms with Crippen molar-refractivity contribution in [3.05, 3.63) is 12.3 Å². The second-order valence-corrected chi connectivity index (χ2v) is 4.50. The van der Waals surface area contributed by atoms with Gasteiger partial charge in [-0.15, -0.1) is 0 Å². The molecule has 2 atom stereocenters. The zero-order valence-electron chi connectivity index (χ0n) is 9.24. The van der Waals surface area contributed by atoms with Gasteiger partial charge in [-0.1, -0.05) is 13.8 Å². The lowest BCUT2D eigenvalue weighted by atomic mass is 10.1. The van der Waals surface area contributed by atoms with Gasteiger partial charge in [0, 0.05) is 23.9 Å². The van der Waals surface area contributed by atoms with Gasteiger partial charge in [0.25, 0.3) is 0 Å². The standard InChI is InChI=1S/C10H16ClN2O2/c1-4-8(2)7-13(3)9(14)5-6-12(11)10(13)15/h5-6,8H,4,7H2,1-3H3/q+1. The molecule has 15 heavy (non-hydrogen) atoms. The molecule has 3 amide bonds. The van der Waals surface area contributed by atoms with Crippen LogP contribution in [0.5, 0.6) is 0 Å². The van der Waals surface area contributed by atoms with E-state index in [1.54, 1.807) is 7.05 Å². The fourth-order valence-corrected chi connectivity index (χ4v) is 1.81. The van der Waals surface area contributed by atoms with Crippen molar-refractivity contribution in [3.63, 3.8) is 0 Å². The molecule has 5 heteroatoms. The Hall–Kier alpha value is -0.870. The predicted molar refractivity (Wildman–Crippen MR) is 57.7 cm³/mol. The Kier molecular flexibility index (Phi) is 3.52. The Morgan fingerprint density at radius 3 is 2.67 bits per heavy atom. The van der Waals surface area contributed by atoms with E-state index in [1.165, 1.54) is 12.3 Å². The fraction of sp³-hybridized carbons (Fsp3) is 0.600. The number of hydrogen-bond acceptors (Lipinski definition) is 2. The first kappa shape index (κ1) is 12.2. The summed E-state index contributed by atoms with van der Waals surface area (Å²) in [6.07, 6.45) is 3.57. The van der Waals surface area contributed by atoms with E-state index in [2.05, 4.69) is 0 Å². The maximum absolute atomic E-state index is 11.8. The number of amides is 3. The van der Waals surface area contributed by atoms with Gasteiger partial charge in [0.05, 0.1) is 19.7 Å². The fourth-order valence-electron chi connectivity index (χ4n) is 1.58. The zero-order chi connectivity index (χ0) is 11.6. The molecule has 0 aromatic rings. The van der Waals surface area contributed by atoms with E-state index >= 15 is 0 Å². The number of likely N-dealkylation sites (N-methyl/N-ethyl adjacent to an activating group) is 1. The summed E-state index contributed by atoms with van der Waals surface area (Å²) < 4.78 is 0.679. The van der Waals surface area contributed by atoms with Gasteiger partial charge in [0.15, 0.2) is 0 Å². The molecular weight excluding hydrogens is 216 g/mol. The number of imide groups is 1. The second kappa shape index (κ2) is 4.33. The Morgan fingerprint density at radius 2 is 2.13 bits per heavy atom. The Morgan fingerprint density at radius 1 is 1.53 bits per heavy atom. The average molecular weight is 232 g/mol. The SMILES string of the molecule is CCC(C)C[N+]1(C)C(=O)C=CN(Cl)C1=O. The molecule has 0 aliphatic carbocycles. The summed E-state index contributed by atoms with van der Waals surface area (Å²) in [4.78, 5) is 23.5. The molecule has 1 heterocycles. The third-order valence-corrected chi connectivity index (χ3v) is 3.07.